The number of amides is 2. The lowest BCUT2D eigenvalue weighted by molar-refractivity contribution is -0.0290. The second kappa shape index (κ2) is 7.36. The van der Waals surface area contributed by atoms with Gasteiger partial charge in [0.1, 0.15) is 5.76 Å². The molecule has 1 unspecified atom stereocenters. The van der Waals surface area contributed by atoms with Gasteiger partial charge in [-0.3, -0.25) is 4.90 Å². The predicted molar refractivity (Wildman–Crippen MR) is 87.1 cm³/mol. The molecule has 2 heterocycles. The summed E-state index contributed by atoms with van der Waals surface area (Å²) in [4.78, 5) is 14.4. The van der Waals surface area contributed by atoms with E-state index in [0.29, 0.717) is 13.1 Å². The van der Waals surface area contributed by atoms with Crippen LogP contribution in [0, 0.1) is 0 Å². The molecule has 2 fully saturated rings. The first-order chi connectivity index (χ1) is 11.2. The van der Waals surface area contributed by atoms with Crippen LogP contribution >= 0.6 is 0 Å². The van der Waals surface area contributed by atoms with E-state index in [9.17, 15) is 9.90 Å². The second-order valence-corrected chi connectivity index (χ2v) is 6.77. The largest absolute Gasteiger partial charge is 0.468 e. The second-order valence-electron chi connectivity index (χ2n) is 6.77. The van der Waals surface area contributed by atoms with Gasteiger partial charge in [0.2, 0.25) is 0 Å². The van der Waals surface area contributed by atoms with Crippen molar-refractivity contribution in [1.82, 2.24) is 15.5 Å². The highest BCUT2D eigenvalue weighted by molar-refractivity contribution is 5.74. The summed E-state index contributed by atoms with van der Waals surface area (Å²) in [6.45, 7) is 2.91. The molecule has 1 aromatic heterocycles. The number of carbonyl (C=O) groups excluding carboxylic acids is 1. The Bertz CT molecular complexity index is 493. The normalized spacial score (nSPS) is 22.1. The zero-order chi connectivity index (χ0) is 16.1. The third-order valence-electron chi connectivity index (χ3n) is 5.02. The Morgan fingerprint density at radius 1 is 1.26 bits per heavy atom. The number of aliphatic hydroxyl groups is 1. The number of nitrogens with one attached hydrogen (secondary N) is 2. The molecule has 2 amide bonds. The van der Waals surface area contributed by atoms with Crippen molar-refractivity contribution in [1.29, 1.82) is 0 Å². The summed E-state index contributed by atoms with van der Waals surface area (Å²) in [5, 5.41) is 15.7. The van der Waals surface area contributed by atoms with Crippen LogP contribution in [0.15, 0.2) is 22.8 Å². The number of carbonyl (C=O) groups is 1. The van der Waals surface area contributed by atoms with Gasteiger partial charge in [0, 0.05) is 13.1 Å². The van der Waals surface area contributed by atoms with Gasteiger partial charge >= 0.3 is 6.03 Å². The van der Waals surface area contributed by atoms with Crippen molar-refractivity contribution in [3.8, 4) is 0 Å². The fraction of sp³-hybridized carbons (Fsp3) is 0.706. The first-order valence-electron chi connectivity index (χ1n) is 8.68. The standard InChI is InChI=1S/C17H27N3O3/c21-16(19-13-17(22)7-5-8-17)18-12-14(15-6-4-11-23-15)20-9-2-1-3-10-20/h4,6,11,14,22H,1-3,5,7-10,12-13H2,(H2,18,19,21). The Morgan fingerprint density at radius 2 is 2.04 bits per heavy atom. The van der Waals surface area contributed by atoms with Gasteiger partial charge < -0.3 is 20.2 Å². The van der Waals surface area contributed by atoms with Crippen LogP contribution in [-0.2, 0) is 0 Å². The monoisotopic (exact) mass is 321 g/mol. The maximum absolute atomic E-state index is 12.0. The van der Waals surface area contributed by atoms with E-state index in [1.165, 1.54) is 19.3 Å². The van der Waals surface area contributed by atoms with Crippen molar-refractivity contribution in [2.75, 3.05) is 26.2 Å². The number of piperidine rings is 1. The third kappa shape index (κ3) is 4.26. The number of nitrogens with zero attached hydrogens (tertiary/aromatic N) is 1. The highest BCUT2D eigenvalue weighted by Crippen LogP contribution is 2.30. The van der Waals surface area contributed by atoms with Gasteiger partial charge in [-0.15, -0.1) is 0 Å². The van der Waals surface area contributed by atoms with E-state index in [-0.39, 0.29) is 12.1 Å². The summed E-state index contributed by atoms with van der Waals surface area (Å²) < 4.78 is 5.57. The summed E-state index contributed by atoms with van der Waals surface area (Å²) in [5.74, 6) is 0.893. The Morgan fingerprint density at radius 3 is 2.65 bits per heavy atom. The van der Waals surface area contributed by atoms with Crippen molar-refractivity contribution >= 4 is 6.03 Å². The lowest BCUT2D eigenvalue weighted by Crippen LogP contribution is -2.51. The lowest BCUT2D eigenvalue weighted by atomic mass is 9.80. The molecule has 1 aliphatic carbocycles. The van der Waals surface area contributed by atoms with Gasteiger partial charge in [-0.05, 0) is 57.3 Å². The molecule has 0 aromatic carbocycles. The SMILES string of the molecule is O=C(NCC(c1ccco1)N1CCCCC1)NCC1(O)CCC1. The highest BCUT2D eigenvalue weighted by atomic mass is 16.3. The summed E-state index contributed by atoms with van der Waals surface area (Å²) in [5.41, 5.74) is -0.690. The van der Waals surface area contributed by atoms with E-state index >= 15 is 0 Å². The smallest absolute Gasteiger partial charge is 0.314 e. The molecule has 0 spiro atoms. The molecule has 128 valence electrons. The van der Waals surface area contributed by atoms with Gasteiger partial charge in [-0.25, -0.2) is 4.79 Å². The Hall–Kier alpha value is -1.53. The molecule has 6 heteroatoms. The van der Waals surface area contributed by atoms with E-state index in [1.807, 2.05) is 12.1 Å². The minimum Gasteiger partial charge on any atom is -0.468 e. The predicted octanol–water partition coefficient (Wildman–Crippen LogP) is 2.02. The fourth-order valence-electron chi connectivity index (χ4n) is 3.38. The number of likely N-dealkylation sites (tertiary alicyclic amines) is 1. The van der Waals surface area contributed by atoms with Crippen LogP contribution in [0.25, 0.3) is 0 Å². The van der Waals surface area contributed by atoms with E-state index < -0.39 is 5.60 Å². The van der Waals surface area contributed by atoms with Crippen LogP contribution in [0.3, 0.4) is 0 Å². The summed E-state index contributed by atoms with van der Waals surface area (Å²) >= 11 is 0. The summed E-state index contributed by atoms with van der Waals surface area (Å²) in [6.07, 6.45) is 7.92. The van der Waals surface area contributed by atoms with E-state index in [0.717, 1.165) is 38.1 Å². The van der Waals surface area contributed by atoms with Crippen LogP contribution in [0.5, 0.6) is 0 Å². The number of hydrogen-bond donors (Lipinski definition) is 3. The van der Waals surface area contributed by atoms with Crippen molar-refractivity contribution in [3.63, 3.8) is 0 Å². The summed E-state index contributed by atoms with van der Waals surface area (Å²) in [6, 6.07) is 3.70. The van der Waals surface area contributed by atoms with Crippen LogP contribution in [0.4, 0.5) is 4.79 Å². The van der Waals surface area contributed by atoms with Crippen molar-refractivity contribution in [2.24, 2.45) is 0 Å². The average molecular weight is 321 g/mol. The molecule has 0 radical (unpaired) electrons. The highest BCUT2D eigenvalue weighted by Gasteiger charge is 2.34. The minimum atomic E-state index is -0.690. The molecule has 1 saturated carbocycles. The van der Waals surface area contributed by atoms with Gasteiger partial charge in [0.05, 0.1) is 17.9 Å². The van der Waals surface area contributed by atoms with Gasteiger partial charge in [0.25, 0.3) is 0 Å². The molecular weight excluding hydrogens is 294 g/mol. The van der Waals surface area contributed by atoms with Crippen LogP contribution in [0.2, 0.25) is 0 Å². The maximum Gasteiger partial charge on any atom is 0.314 e. The van der Waals surface area contributed by atoms with Gasteiger partial charge in [-0.2, -0.15) is 0 Å². The lowest BCUT2D eigenvalue weighted by Gasteiger charge is -2.36. The molecule has 1 atom stereocenters. The minimum absolute atomic E-state index is 0.0721. The average Bonchev–Trinajstić information content (AvgIpc) is 3.06. The van der Waals surface area contributed by atoms with E-state index in [4.69, 9.17) is 4.42 Å². The Kier molecular flexibility index (Phi) is 5.23. The van der Waals surface area contributed by atoms with Gasteiger partial charge in [-0.1, -0.05) is 6.42 Å². The third-order valence-corrected chi connectivity index (χ3v) is 5.02. The molecule has 6 nitrogen and oxygen atoms in total. The zero-order valence-electron chi connectivity index (χ0n) is 13.6. The molecule has 2 aliphatic rings. The topological polar surface area (TPSA) is 77.7 Å². The summed E-state index contributed by atoms with van der Waals surface area (Å²) in [7, 11) is 0. The number of urea groups is 1. The number of hydrogen-bond acceptors (Lipinski definition) is 4. The Labute approximate surface area is 137 Å². The molecule has 1 saturated heterocycles. The maximum atomic E-state index is 12.0. The molecule has 1 aromatic rings. The molecule has 0 bridgehead atoms. The van der Waals surface area contributed by atoms with Crippen molar-refractivity contribution in [3.05, 3.63) is 24.2 Å². The molecule has 23 heavy (non-hydrogen) atoms. The van der Waals surface area contributed by atoms with Crippen LogP contribution < -0.4 is 10.6 Å². The van der Waals surface area contributed by atoms with E-state index in [2.05, 4.69) is 15.5 Å². The van der Waals surface area contributed by atoms with Crippen molar-refractivity contribution in [2.45, 2.75) is 50.2 Å². The zero-order valence-corrected chi connectivity index (χ0v) is 13.6. The first kappa shape index (κ1) is 16.3. The van der Waals surface area contributed by atoms with Crippen LogP contribution in [-0.4, -0.2) is 47.8 Å². The molecular formula is C17H27N3O3. The van der Waals surface area contributed by atoms with Gasteiger partial charge in [0.15, 0.2) is 0 Å². The molecule has 3 rings (SSSR count). The molecule has 3 N–H and O–H groups in total. The fourth-order valence-corrected chi connectivity index (χ4v) is 3.38. The van der Waals surface area contributed by atoms with Crippen molar-refractivity contribution < 1.29 is 14.3 Å². The van der Waals surface area contributed by atoms with Crippen LogP contribution in [0.1, 0.15) is 50.3 Å². The number of rotatable bonds is 6. The van der Waals surface area contributed by atoms with E-state index in [1.54, 1.807) is 6.26 Å². The quantitative estimate of drug-likeness (QED) is 0.749. The Balaban J connectivity index is 1.50. The molecule has 1 aliphatic heterocycles. The number of furan rings is 1. The first-order valence-corrected chi connectivity index (χ1v) is 8.68.